The van der Waals surface area contributed by atoms with Crippen LogP contribution in [0, 0.1) is 0 Å². The van der Waals surface area contributed by atoms with Crippen LogP contribution in [-0.4, -0.2) is 47.1 Å². The number of amides is 1. The first-order valence-corrected chi connectivity index (χ1v) is 12.5. The molecule has 1 fully saturated rings. The molecule has 0 saturated carbocycles. The van der Waals surface area contributed by atoms with E-state index in [0.717, 1.165) is 5.56 Å². The quantitative estimate of drug-likeness (QED) is 0.212. The van der Waals surface area contributed by atoms with Crippen LogP contribution < -0.4 is 14.2 Å². The smallest absolute Gasteiger partial charge is 0.295 e. The van der Waals surface area contributed by atoms with Gasteiger partial charge in [0.05, 0.1) is 37.0 Å². The lowest BCUT2D eigenvalue weighted by molar-refractivity contribution is -0.140. The first-order valence-electron chi connectivity index (χ1n) is 12.1. The number of phenolic OH excluding ortho intramolecular Hbond substituents is 1. The van der Waals surface area contributed by atoms with E-state index in [1.54, 1.807) is 62.6 Å². The summed E-state index contributed by atoms with van der Waals surface area (Å²) in [4.78, 5) is 28.2. The second-order valence-corrected chi connectivity index (χ2v) is 8.92. The summed E-state index contributed by atoms with van der Waals surface area (Å²) in [5.74, 6) is -0.864. The zero-order valence-corrected chi connectivity index (χ0v) is 22.0. The van der Waals surface area contributed by atoms with Crippen LogP contribution in [0.25, 0.3) is 5.76 Å². The minimum absolute atomic E-state index is 0.0770. The molecule has 3 aromatic rings. The lowest BCUT2D eigenvalue weighted by Crippen LogP contribution is -2.29. The molecular formula is C29H28ClNO7. The van der Waals surface area contributed by atoms with Crippen molar-refractivity contribution in [1.29, 1.82) is 0 Å². The molecule has 2 N–H and O–H groups in total. The minimum Gasteiger partial charge on any atom is -0.507 e. The summed E-state index contributed by atoms with van der Waals surface area (Å²) in [5, 5.41) is 21.9. The number of aromatic hydroxyl groups is 1. The first kappa shape index (κ1) is 26.9. The summed E-state index contributed by atoms with van der Waals surface area (Å²) < 4.78 is 16.3. The summed E-state index contributed by atoms with van der Waals surface area (Å²) in [6, 6.07) is 15.4. The topological polar surface area (TPSA) is 106 Å². The minimum atomic E-state index is -0.983. The number of benzene rings is 3. The fourth-order valence-electron chi connectivity index (χ4n) is 4.38. The molecule has 0 radical (unpaired) electrons. The van der Waals surface area contributed by atoms with Crippen molar-refractivity contribution in [3.63, 3.8) is 0 Å². The number of aliphatic hydroxyl groups is 1. The van der Waals surface area contributed by atoms with E-state index in [1.165, 1.54) is 17.0 Å². The van der Waals surface area contributed by atoms with E-state index in [-0.39, 0.29) is 34.2 Å². The highest BCUT2D eigenvalue weighted by molar-refractivity contribution is 6.47. The Hall–Kier alpha value is -4.17. The van der Waals surface area contributed by atoms with Crippen LogP contribution >= 0.6 is 11.6 Å². The van der Waals surface area contributed by atoms with Crippen LogP contribution in [0.5, 0.6) is 23.0 Å². The highest BCUT2D eigenvalue weighted by atomic mass is 35.5. The van der Waals surface area contributed by atoms with Crippen molar-refractivity contribution in [1.82, 2.24) is 4.90 Å². The van der Waals surface area contributed by atoms with Gasteiger partial charge in [0.15, 0.2) is 11.5 Å². The fourth-order valence-corrected chi connectivity index (χ4v) is 4.58. The Labute approximate surface area is 225 Å². The third-order valence-electron chi connectivity index (χ3n) is 6.16. The normalized spacial score (nSPS) is 16.5. The standard InChI is InChI=1S/C29H28ClNO7/c1-4-37-20-11-12-22(30)21(15-20)27(33)25-26(18-8-13-23(32)24(14-18)38-5-2)31(29(35)28(25)34)16-17-6-9-19(36-3)10-7-17/h6-15,26,32-33H,4-5,16H2,1-3H3/b27-25+. The van der Waals surface area contributed by atoms with E-state index < -0.39 is 23.5 Å². The number of Topliss-reactive ketones (excluding diaryl/α,β-unsaturated/α-hetero) is 1. The Bertz CT molecular complexity index is 1380. The maximum absolute atomic E-state index is 13.4. The molecule has 0 spiro atoms. The number of carbonyl (C=O) groups is 2. The highest BCUT2D eigenvalue weighted by Gasteiger charge is 2.46. The van der Waals surface area contributed by atoms with Gasteiger partial charge in [0, 0.05) is 12.1 Å². The van der Waals surface area contributed by atoms with E-state index in [4.69, 9.17) is 25.8 Å². The molecule has 1 amide bonds. The number of hydrogen-bond donors (Lipinski definition) is 2. The number of aliphatic hydroxyl groups excluding tert-OH is 1. The summed E-state index contributed by atoms with van der Waals surface area (Å²) in [7, 11) is 1.56. The van der Waals surface area contributed by atoms with Gasteiger partial charge < -0.3 is 29.3 Å². The molecule has 0 aliphatic carbocycles. The van der Waals surface area contributed by atoms with E-state index in [0.29, 0.717) is 30.3 Å². The summed E-state index contributed by atoms with van der Waals surface area (Å²) >= 11 is 6.40. The number of likely N-dealkylation sites (tertiary alicyclic amines) is 1. The van der Waals surface area contributed by atoms with E-state index in [1.807, 2.05) is 6.92 Å². The zero-order chi connectivity index (χ0) is 27.4. The number of nitrogens with zero attached hydrogens (tertiary/aromatic N) is 1. The lowest BCUT2D eigenvalue weighted by Gasteiger charge is -2.26. The predicted octanol–water partition coefficient (Wildman–Crippen LogP) is 5.47. The Balaban J connectivity index is 1.89. The van der Waals surface area contributed by atoms with Gasteiger partial charge in [-0.2, -0.15) is 0 Å². The average Bonchev–Trinajstić information content (AvgIpc) is 3.16. The van der Waals surface area contributed by atoms with Crippen LogP contribution in [-0.2, 0) is 16.1 Å². The zero-order valence-electron chi connectivity index (χ0n) is 21.2. The van der Waals surface area contributed by atoms with Crippen LogP contribution in [0.4, 0.5) is 0 Å². The van der Waals surface area contributed by atoms with Crippen molar-refractivity contribution in [2.24, 2.45) is 0 Å². The van der Waals surface area contributed by atoms with Crippen molar-refractivity contribution < 1.29 is 34.0 Å². The van der Waals surface area contributed by atoms with Gasteiger partial charge >= 0.3 is 0 Å². The molecule has 8 nitrogen and oxygen atoms in total. The number of rotatable bonds is 9. The third kappa shape index (κ3) is 5.26. The molecule has 0 bridgehead atoms. The van der Waals surface area contributed by atoms with Gasteiger partial charge in [-0.1, -0.05) is 29.8 Å². The number of methoxy groups -OCH3 is 1. The number of halogens is 1. The van der Waals surface area contributed by atoms with Crippen molar-refractivity contribution in [2.45, 2.75) is 26.4 Å². The summed E-state index contributed by atoms with van der Waals surface area (Å²) in [6.07, 6.45) is 0. The fraction of sp³-hybridized carbons (Fsp3) is 0.241. The molecular weight excluding hydrogens is 510 g/mol. The second kappa shape index (κ2) is 11.5. The largest absolute Gasteiger partial charge is 0.507 e. The van der Waals surface area contributed by atoms with Crippen LogP contribution in [0.3, 0.4) is 0 Å². The number of ketones is 1. The average molecular weight is 538 g/mol. The molecule has 3 aromatic carbocycles. The maximum atomic E-state index is 13.4. The van der Waals surface area contributed by atoms with E-state index in [2.05, 4.69) is 0 Å². The van der Waals surface area contributed by atoms with Crippen LogP contribution in [0.15, 0.2) is 66.2 Å². The lowest BCUT2D eigenvalue weighted by atomic mass is 9.94. The van der Waals surface area contributed by atoms with E-state index >= 15 is 0 Å². The molecule has 0 aromatic heterocycles. The first-order chi connectivity index (χ1) is 18.3. The third-order valence-corrected chi connectivity index (χ3v) is 6.48. The molecule has 1 aliphatic rings. The number of ether oxygens (including phenoxy) is 3. The summed E-state index contributed by atoms with van der Waals surface area (Å²) in [6.45, 7) is 4.35. The number of carbonyl (C=O) groups excluding carboxylic acids is 2. The van der Waals surface area contributed by atoms with Gasteiger partial charge in [-0.25, -0.2) is 0 Å². The molecule has 4 rings (SSSR count). The van der Waals surface area contributed by atoms with Gasteiger partial charge in [-0.15, -0.1) is 0 Å². The van der Waals surface area contributed by atoms with Crippen LogP contribution in [0.1, 0.15) is 36.6 Å². The van der Waals surface area contributed by atoms with Crippen molar-refractivity contribution in [2.75, 3.05) is 20.3 Å². The number of phenols is 1. The SMILES string of the molecule is CCOc1ccc(Cl)c(/C(O)=C2\C(=O)C(=O)N(Cc3ccc(OC)cc3)C2c2ccc(O)c(OCC)c2)c1. The summed E-state index contributed by atoms with van der Waals surface area (Å²) in [5.41, 5.74) is 1.25. The van der Waals surface area contributed by atoms with Gasteiger partial charge in [0.1, 0.15) is 17.3 Å². The van der Waals surface area contributed by atoms with Gasteiger partial charge in [0.2, 0.25) is 0 Å². The molecule has 1 saturated heterocycles. The van der Waals surface area contributed by atoms with Crippen LogP contribution in [0.2, 0.25) is 5.02 Å². The maximum Gasteiger partial charge on any atom is 0.295 e. The van der Waals surface area contributed by atoms with Gasteiger partial charge in [-0.05, 0) is 67.4 Å². The Morgan fingerprint density at radius 2 is 1.63 bits per heavy atom. The Kier molecular flexibility index (Phi) is 8.12. The predicted molar refractivity (Wildman–Crippen MR) is 143 cm³/mol. The Morgan fingerprint density at radius 3 is 2.29 bits per heavy atom. The highest BCUT2D eigenvalue weighted by Crippen LogP contribution is 2.43. The molecule has 198 valence electrons. The van der Waals surface area contributed by atoms with Gasteiger partial charge in [-0.3, -0.25) is 9.59 Å². The van der Waals surface area contributed by atoms with E-state index in [9.17, 15) is 19.8 Å². The Morgan fingerprint density at radius 1 is 0.947 bits per heavy atom. The molecule has 1 aliphatic heterocycles. The van der Waals surface area contributed by atoms with Crippen molar-refractivity contribution >= 4 is 29.1 Å². The second-order valence-electron chi connectivity index (χ2n) is 8.51. The molecule has 38 heavy (non-hydrogen) atoms. The van der Waals surface area contributed by atoms with Crippen molar-refractivity contribution in [3.8, 4) is 23.0 Å². The molecule has 1 unspecified atom stereocenters. The number of hydrogen-bond acceptors (Lipinski definition) is 7. The monoisotopic (exact) mass is 537 g/mol. The van der Waals surface area contributed by atoms with Crippen molar-refractivity contribution in [3.05, 3.63) is 87.9 Å². The molecule has 9 heteroatoms. The molecule has 1 atom stereocenters. The molecule has 1 heterocycles. The van der Waals surface area contributed by atoms with Gasteiger partial charge in [0.25, 0.3) is 11.7 Å².